The Balaban J connectivity index is 4.02. The Bertz CT molecular complexity index is 575. The molecule has 0 aromatic carbocycles. The molecule has 0 saturated carbocycles. The van der Waals surface area contributed by atoms with E-state index >= 15 is 0 Å². The lowest BCUT2D eigenvalue weighted by atomic mass is 10.1. The summed E-state index contributed by atoms with van der Waals surface area (Å²) in [5, 5.41) is -2.04. The topological polar surface area (TPSA) is 110 Å². The smallest absolute Gasteiger partial charge is 0.323 e. The fourth-order valence-electron chi connectivity index (χ4n) is 3.44. The Morgan fingerprint density at radius 2 is 1.03 bits per heavy atom. The lowest BCUT2D eigenvalue weighted by Gasteiger charge is -2.18. The first-order valence-corrected chi connectivity index (χ1v) is 14.1. The molecule has 8 heteroatoms. The molecule has 0 aromatic heterocycles. The number of carbonyl (C=O) groups excluding carboxylic acids is 2. The van der Waals surface area contributed by atoms with Crippen LogP contribution in [0.1, 0.15) is 123 Å². The molecule has 32 heavy (non-hydrogen) atoms. The van der Waals surface area contributed by atoms with E-state index in [0.29, 0.717) is 12.8 Å². The summed E-state index contributed by atoms with van der Waals surface area (Å²) in [6.45, 7) is 4.55. The molecule has 0 spiro atoms. The molecule has 0 N–H and O–H groups in total. The third kappa shape index (κ3) is 18.4. The zero-order chi connectivity index (χ0) is 24.1. The van der Waals surface area contributed by atoms with Gasteiger partial charge in [0.05, 0.1) is 19.6 Å². The third-order valence-corrected chi connectivity index (χ3v) is 6.52. The van der Waals surface area contributed by atoms with Crippen molar-refractivity contribution in [1.82, 2.24) is 0 Å². The summed E-state index contributed by atoms with van der Waals surface area (Å²) < 4.78 is 44.2. The second kappa shape index (κ2) is 20.5. The second-order valence-corrected chi connectivity index (χ2v) is 10.1. The average Bonchev–Trinajstić information content (AvgIpc) is 2.74. The molecule has 7 nitrogen and oxygen atoms in total. The van der Waals surface area contributed by atoms with Gasteiger partial charge in [0.25, 0.3) is 0 Å². The van der Waals surface area contributed by atoms with Crippen molar-refractivity contribution in [1.29, 1.82) is 0 Å². The minimum absolute atomic E-state index is 0.0487. The first kappa shape index (κ1) is 30.9. The summed E-state index contributed by atoms with van der Waals surface area (Å²) in [4.78, 5) is 23.9. The molecular formula is C24H45O7S-. The molecule has 0 amide bonds. The summed E-state index contributed by atoms with van der Waals surface area (Å²) in [7, 11) is -5.00. The summed E-state index contributed by atoms with van der Waals surface area (Å²) in [5.74, 6) is -2.02. The van der Waals surface area contributed by atoms with Gasteiger partial charge >= 0.3 is 11.9 Å². The summed E-state index contributed by atoms with van der Waals surface area (Å²) in [6, 6.07) is 0. The second-order valence-electron chi connectivity index (χ2n) is 8.52. The van der Waals surface area contributed by atoms with Crippen LogP contribution < -0.4 is 0 Å². The van der Waals surface area contributed by atoms with Gasteiger partial charge in [-0.15, -0.1) is 0 Å². The van der Waals surface area contributed by atoms with Gasteiger partial charge < -0.3 is 14.0 Å². The van der Waals surface area contributed by atoms with E-state index in [1.54, 1.807) is 0 Å². The predicted molar refractivity (Wildman–Crippen MR) is 125 cm³/mol. The van der Waals surface area contributed by atoms with Gasteiger partial charge in [0, 0.05) is 0 Å². The van der Waals surface area contributed by atoms with Crippen LogP contribution in [0.5, 0.6) is 0 Å². The van der Waals surface area contributed by atoms with Crippen molar-refractivity contribution in [3.8, 4) is 0 Å². The number of hydrogen-bond donors (Lipinski definition) is 0. The fourth-order valence-corrected chi connectivity index (χ4v) is 4.08. The molecule has 0 aliphatic carbocycles. The van der Waals surface area contributed by atoms with E-state index in [1.165, 1.54) is 51.4 Å². The number of hydrogen-bond acceptors (Lipinski definition) is 7. The number of ether oxygens (including phenoxy) is 2. The van der Waals surface area contributed by atoms with Crippen molar-refractivity contribution in [3.63, 3.8) is 0 Å². The van der Waals surface area contributed by atoms with Crippen LogP contribution in [-0.4, -0.2) is 43.4 Å². The van der Waals surface area contributed by atoms with Gasteiger partial charge in [-0.25, -0.2) is 8.42 Å². The van der Waals surface area contributed by atoms with E-state index < -0.39 is 33.7 Å². The Hall–Kier alpha value is -1.15. The molecule has 0 aromatic rings. The number of carbonyl (C=O) groups is 2. The molecule has 0 bridgehead atoms. The van der Waals surface area contributed by atoms with E-state index in [2.05, 4.69) is 13.8 Å². The zero-order valence-electron chi connectivity index (χ0n) is 20.3. The Labute approximate surface area is 195 Å². The molecule has 190 valence electrons. The molecule has 0 aliphatic rings. The summed E-state index contributed by atoms with van der Waals surface area (Å²) >= 11 is 0. The molecule has 0 heterocycles. The first-order valence-electron chi connectivity index (χ1n) is 12.6. The van der Waals surface area contributed by atoms with Gasteiger partial charge in [-0.2, -0.15) is 0 Å². The van der Waals surface area contributed by atoms with Crippen LogP contribution in [-0.2, 0) is 29.2 Å². The molecule has 0 saturated heterocycles. The van der Waals surface area contributed by atoms with Crippen LogP contribution in [0.2, 0.25) is 0 Å². The number of esters is 2. The summed E-state index contributed by atoms with van der Waals surface area (Å²) in [5.41, 5.74) is 0. The van der Waals surface area contributed by atoms with Crippen molar-refractivity contribution in [2.75, 3.05) is 13.2 Å². The van der Waals surface area contributed by atoms with Gasteiger partial charge in [0.2, 0.25) is 0 Å². The number of rotatable bonds is 22. The van der Waals surface area contributed by atoms with Crippen LogP contribution in [0.4, 0.5) is 0 Å². The van der Waals surface area contributed by atoms with Crippen molar-refractivity contribution in [3.05, 3.63) is 0 Å². The van der Waals surface area contributed by atoms with Gasteiger partial charge in [0.15, 0.2) is 5.25 Å². The van der Waals surface area contributed by atoms with Crippen LogP contribution >= 0.6 is 0 Å². The van der Waals surface area contributed by atoms with E-state index in [1.807, 2.05) is 0 Å². The standard InChI is InChI=1S/C24H46O7S/c1-3-5-7-9-11-13-15-17-19-30-23(25)21-22(32(27,28)29)24(26)31-20-18-16-14-12-10-8-6-4-2/h22H,3-21H2,1-2H3,(H,27,28,29)/p-1. The maximum atomic E-state index is 12.0. The fraction of sp³-hybridized carbons (Fsp3) is 0.917. The minimum Gasteiger partial charge on any atom is -0.747 e. The zero-order valence-corrected chi connectivity index (χ0v) is 21.1. The lowest BCUT2D eigenvalue weighted by molar-refractivity contribution is -0.150. The SMILES string of the molecule is CCCCCCCCCCOC(=O)CC(C(=O)OCCCCCCCCCC)S(=O)(=O)[O-]. The molecule has 0 radical (unpaired) electrons. The maximum Gasteiger partial charge on any atom is 0.323 e. The average molecular weight is 478 g/mol. The van der Waals surface area contributed by atoms with Crippen LogP contribution in [0.15, 0.2) is 0 Å². The maximum absolute atomic E-state index is 12.0. The predicted octanol–water partition coefficient (Wildman–Crippen LogP) is 5.66. The quantitative estimate of drug-likeness (QED) is 0.112. The number of unbranched alkanes of at least 4 members (excludes halogenated alkanes) is 14. The highest BCUT2D eigenvalue weighted by molar-refractivity contribution is 7.87. The van der Waals surface area contributed by atoms with E-state index in [-0.39, 0.29) is 13.2 Å². The van der Waals surface area contributed by atoms with Gasteiger partial charge in [-0.3, -0.25) is 9.59 Å². The highest BCUT2D eigenvalue weighted by atomic mass is 32.2. The van der Waals surface area contributed by atoms with Gasteiger partial charge in [0.1, 0.15) is 10.1 Å². The van der Waals surface area contributed by atoms with E-state index in [0.717, 1.165) is 38.5 Å². The first-order chi connectivity index (χ1) is 15.3. The Kier molecular flexibility index (Phi) is 19.7. The van der Waals surface area contributed by atoms with Gasteiger partial charge in [-0.1, -0.05) is 104 Å². The highest BCUT2D eigenvalue weighted by Crippen LogP contribution is 2.12. The Morgan fingerprint density at radius 1 is 0.656 bits per heavy atom. The molecule has 1 atom stereocenters. The molecule has 0 fully saturated rings. The molecule has 0 rings (SSSR count). The van der Waals surface area contributed by atoms with E-state index in [4.69, 9.17) is 9.47 Å². The van der Waals surface area contributed by atoms with Crippen molar-refractivity contribution in [2.24, 2.45) is 0 Å². The van der Waals surface area contributed by atoms with Crippen molar-refractivity contribution in [2.45, 2.75) is 128 Å². The minimum atomic E-state index is -5.00. The lowest BCUT2D eigenvalue weighted by Crippen LogP contribution is -2.34. The molecule has 0 aliphatic heterocycles. The highest BCUT2D eigenvalue weighted by Gasteiger charge is 2.30. The van der Waals surface area contributed by atoms with E-state index in [9.17, 15) is 22.6 Å². The third-order valence-electron chi connectivity index (χ3n) is 5.47. The van der Waals surface area contributed by atoms with Gasteiger partial charge in [-0.05, 0) is 12.8 Å². The van der Waals surface area contributed by atoms with Crippen LogP contribution in [0.25, 0.3) is 0 Å². The van der Waals surface area contributed by atoms with Crippen molar-refractivity contribution < 1.29 is 32.0 Å². The molecular weight excluding hydrogens is 432 g/mol. The monoisotopic (exact) mass is 477 g/mol. The van der Waals surface area contributed by atoms with Crippen molar-refractivity contribution >= 4 is 22.1 Å². The summed E-state index contributed by atoms with van der Waals surface area (Å²) in [6.07, 6.45) is 16.4. The normalized spacial score (nSPS) is 12.5. The van der Waals surface area contributed by atoms with Crippen LogP contribution in [0.3, 0.4) is 0 Å². The Morgan fingerprint density at radius 3 is 1.44 bits per heavy atom. The molecule has 1 unspecified atom stereocenters. The van der Waals surface area contributed by atoms with Crippen LogP contribution in [0, 0.1) is 0 Å². The largest absolute Gasteiger partial charge is 0.747 e.